The highest BCUT2D eigenvalue weighted by molar-refractivity contribution is 5.63. The van der Waals surface area contributed by atoms with Gasteiger partial charge in [0.1, 0.15) is 11.6 Å². The number of hydrogen-bond donors (Lipinski definition) is 1. The van der Waals surface area contributed by atoms with Crippen LogP contribution >= 0.6 is 0 Å². The lowest BCUT2D eigenvalue weighted by molar-refractivity contribution is 0.612. The summed E-state index contributed by atoms with van der Waals surface area (Å²) in [7, 11) is 0. The van der Waals surface area contributed by atoms with E-state index in [4.69, 9.17) is 0 Å². The van der Waals surface area contributed by atoms with Crippen LogP contribution in [0.15, 0.2) is 48.9 Å². The average molecular weight is 349 g/mol. The van der Waals surface area contributed by atoms with E-state index in [-0.39, 0.29) is 11.2 Å². The van der Waals surface area contributed by atoms with Crippen LogP contribution < -0.4 is 5.32 Å². The molecule has 0 aliphatic carbocycles. The molecule has 6 heteroatoms. The average Bonchev–Trinajstić information content (AvgIpc) is 3.07. The molecular weight excluding hydrogens is 329 g/mol. The lowest BCUT2D eigenvalue weighted by atomic mass is 9.86. The number of rotatable bonds is 3. The summed E-state index contributed by atoms with van der Waals surface area (Å²) < 4.78 is 15.6. The van der Waals surface area contributed by atoms with Gasteiger partial charge >= 0.3 is 0 Å². The van der Waals surface area contributed by atoms with Crippen LogP contribution in [-0.2, 0) is 11.8 Å². The standard InChI is InChI=1S/C20H20FN5/c1-12-11-26(25-17(12)9-14-7-5-6-8-16(14)21)19-22-10-15-18(24-19)23-13(2)20(15,3)4/h5-8,10-11H,2,9H2,1,3-4H3,(H,22,23,24). The second-order valence-corrected chi connectivity index (χ2v) is 7.13. The van der Waals surface area contributed by atoms with Crippen molar-refractivity contribution in [3.63, 3.8) is 0 Å². The number of nitrogens with zero attached hydrogens (tertiary/aromatic N) is 4. The van der Waals surface area contributed by atoms with Crippen LogP contribution in [0.1, 0.15) is 36.2 Å². The Hall–Kier alpha value is -3.02. The van der Waals surface area contributed by atoms with E-state index >= 15 is 0 Å². The molecule has 0 saturated heterocycles. The Morgan fingerprint density at radius 3 is 2.81 bits per heavy atom. The molecule has 1 N–H and O–H groups in total. The van der Waals surface area contributed by atoms with Crippen LogP contribution in [0.3, 0.4) is 0 Å². The fourth-order valence-corrected chi connectivity index (χ4v) is 3.09. The number of nitrogens with one attached hydrogen (secondary N) is 1. The maximum Gasteiger partial charge on any atom is 0.252 e. The molecule has 26 heavy (non-hydrogen) atoms. The highest BCUT2D eigenvalue weighted by atomic mass is 19.1. The van der Waals surface area contributed by atoms with Crippen LogP contribution in [0, 0.1) is 12.7 Å². The summed E-state index contributed by atoms with van der Waals surface area (Å²) in [6.45, 7) is 10.2. The van der Waals surface area contributed by atoms with Gasteiger partial charge < -0.3 is 5.32 Å². The molecule has 0 amide bonds. The van der Waals surface area contributed by atoms with Crippen molar-refractivity contribution in [2.24, 2.45) is 0 Å². The number of allylic oxidation sites excluding steroid dienone is 1. The Labute approximate surface area is 151 Å². The van der Waals surface area contributed by atoms with E-state index < -0.39 is 0 Å². The van der Waals surface area contributed by atoms with Crippen LogP contribution in [-0.4, -0.2) is 19.7 Å². The van der Waals surface area contributed by atoms with E-state index in [0.29, 0.717) is 17.9 Å². The van der Waals surface area contributed by atoms with E-state index in [1.807, 2.05) is 25.4 Å². The lowest BCUT2D eigenvalue weighted by Crippen LogP contribution is -2.16. The van der Waals surface area contributed by atoms with Gasteiger partial charge in [0.05, 0.1) is 5.69 Å². The number of hydrogen-bond acceptors (Lipinski definition) is 4. The molecular formula is C20H20FN5. The van der Waals surface area contributed by atoms with Gasteiger partial charge in [-0.05, 0) is 24.1 Å². The molecule has 1 aromatic carbocycles. The van der Waals surface area contributed by atoms with E-state index in [1.165, 1.54) is 6.07 Å². The van der Waals surface area contributed by atoms with Gasteiger partial charge in [0.25, 0.3) is 5.95 Å². The minimum Gasteiger partial charge on any atom is -0.343 e. The minimum absolute atomic E-state index is 0.204. The maximum atomic E-state index is 13.9. The molecule has 2 aromatic heterocycles. The first-order valence-electron chi connectivity index (χ1n) is 8.49. The molecule has 132 valence electrons. The number of halogens is 1. The van der Waals surface area contributed by atoms with Gasteiger partial charge in [-0.25, -0.2) is 14.1 Å². The molecule has 0 spiro atoms. The van der Waals surface area contributed by atoms with Crippen molar-refractivity contribution >= 4 is 5.82 Å². The summed E-state index contributed by atoms with van der Waals surface area (Å²) in [5.74, 6) is 1.01. The van der Waals surface area contributed by atoms with E-state index in [1.54, 1.807) is 16.8 Å². The molecule has 1 aliphatic heterocycles. The fourth-order valence-electron chi connectivity index (χ4n) is 3.09. The van der Waals surface area contributed by atoms with E-state index in [0.717, 1.165) is 28.3 Å². The fraction of sp³-hybridized carbons (Fsp3) is 0.250. The molecule has 0 radical (unpaired) electrons. The van der Waals surface area contributed by atoms with Crippen molar-refractivity contribution in [2.45, 2.75) is 32.6 Å². The molecule has 1 aliphatic rings. The van der Waals surface area contributed by atoms with Gasteiger partial charge in [0.2, 0.25) is 0 Å². The number of anilines is 1. The van der Waals surface area contributed by atoms with Crippen LogP contribution in [0.5, 0.6) is 0 Å². The second-order valence-electron chi connectivity index (χ2n) is 7.13. The van der Waals surface area contributed by atoms with Gasteiger partial charge in [0.15, 0.2) is 0 Å². The van der Waals surface area contributed by atoms with Crippen molar-refractivity contribution in [3.8, 4) is 5.95 Å². The third kappa shape index (κ3) is 2.58. The number of aryl methyl sites for hydroxylation is 1. The molecule has 5 nitrogen and oxygen atoms in total. The van der Waals surface area contributed by atoms with Crippen LogP contribution in [0.25, 0.3) is 5.95 Å². The SMILES string of the molecule is C=C1Nc2nc(-n3cc(C)c(Cc4ccccc4F)n3)ncc2C1(C)C. The quantitative estimate of drug-likeness (QED) is 0.779. The van der Waals surface area contributed by atoms with Gasteiger partial charge in [-0.1, -0.05) is 38.6 Å². The smallest absolute Gasteiger partial charge is 0.252 e. The summed E-state index contributed by atoms with van der Waals surface area (Å²) in [5, 5.41) is 7.80. The molecule has 0 fully saturated rings. The van der Waals surface area contributed by atoms with Gasteiger partial charge in [-0.3, -0.25) is 0 Å². The van der Waals surface area contributed by atoms with Crippen molar-refractivity contribution in [1.82, 2.24) is 19.7 Å². The topological polar surface area (TPSA) is 55.6 Å². The van der Waals surface area contributed by atoms with Crippen molar-refractivity contribution in [2.75, 3.05) is 5.32 Å². The Morgan fingerprint density at radius 2 is 2.04 bits per heavy atom. The highest BCUT2D eigenvalue weighted by Gasteiger charge is 2.35. The largest absolute Gasteiger partial charge is 0.343 e. The number of benzene rings is 1. The zero-order chi connectivity index (χ0) is 18.5. The first-order valence-corrected chi connectivity index (χ1v) is 8.49. The summed E-state index contributed by atoms with van der Waals surface area (Å²) in [6.07, 6.45) is 4.11. The van der Waals surface area contributed by atoms with Gasteiger partial charge in [-0.15, -0.1) is 0 Å². The Kier molecular flexibility index (Phi) is 3.64. The summed E-state index contributed by atoms with van der Waals surface area (Å²) in [4.78, 5) is 9.06. The molecule has 3 heterocycles. The first kappa shape index (κ1) is 16.4. The third-order valence-corrected chi connectivity index (χ3v) is 4.99. The van der Waals surface area contributed by atoms with Crippen molar-refractivity contribution in [1.29, 1.82) is 0 Å². The Bertz CT molecular complexity index is 1020. The second kappa shape index (κ2) is 5.76. The van der Waals surface area contributed by atoms with E-state index in [2.05, 4.69) is 40.8 Å². The normalized spacial score (nSPS) is 15.0. The summed E-state index contributed by atoms with van der Waals surface area (Å²) in [6, 6.07) is 6.75. The predicted molar refractivity (Wildman–Crippen MR) is 98.9 cm³/mol. The molecule has 3 aromatic rings. The van der Waals surface area contributed by atoms with Gasteiger partial charge in [-0.2, -0.15) is 10.1 Å². The maximum absolute atomic E-state index is 13.9. The monoisotopic (exact) mass is 349 g/mol. The zero-order valence-corrected chi connectivity index (χ0v) is 15.0. The lowest BCUT2D eigenvalue weighted by Gasteiger charge is -2.18. The van der Waals surface area contributed by atoms with E-state index in [9.17, 15) is 4.39 Å². The number of aromatic nitrogens is 4. The third-order valence-electron chi connectivity index (χ3n) is 4.99. The minimum atomic E-state index is -0.222. The van der Waals surface area contributed by atoms with Crippen LogP contribution in [0.2, 0.25) is 0 Å². The summed E-state index contributed by atoms with van der Waals surface area (Å²) in [5.41, 5.74) is 4.10. The summed E-state index contributed by atoms with van der Waals surface area (Å²) >= 11 is 0. The van der Waals surface area contributed by atoms with Gasteiger partial charge in [0, 0.05) is 35.5 Å². The molecule has 0 unspecified atom stereocenters. The molecule has 0 bridgehead atoms. The Balaban J connectivity index is 1.67. The van der Waals surface area contributed by atoms with Crippen LogP contribution in [0.4, 0.5) is 10.2 Å². The predicted octanol–water partition coefficient (Wildman–Crippen LogP) is 3.92. The van der Waals surface area contributed by atoms with Crippen molar-refractivity contribution in [3.05, 3.63) is 77.1 Å². The zero-order valence-electron chi connectivity index (χ0n) is 15.0. The molecule has 4 rings (SSSR count). The highest BCUT2D eigenvalue weighted by Crippen LogP contribution is 2.40. The first-order chi connectivity index (χ1) is 12.4. The Morgan fingerprint density at radius 1 is 1.27 bits per heavy atom. The van der Waals surface area contributed by atoms with Crippen molar-refractivity contribution < 1.29 is 4.39 Å². The molecule has 0 saturated carbocycles. The number of fused-ring (bicyclic) bond motifs is 1. The molecule has 0 atom stereocenters.